The minimum atomic E-state index is -3.82. The molecule has 0 saturated carbocycles. The van der Waals surface area contributed by atoms with Crippen LogP contribution < -0.4 is 4.72 Å². The minimum absolute atomic E-state index is 0.0282. The summed E-state index contributed by atoms with van der Waals surface area (Å²) in [4.78, 5) is 9.95. The Hall–Kier alpha value is -2.00. The van der Waals surface area contributed by atoms with Crippen LogP contribution in [0.3, 0.4) is 0 Å². The van der Waals surface area contributed by atoms with Gasteiger partial charge in [-0.15, -0.1) is 0 Å². The number of non-ortho nitro benzene ring substituents is 1. The van der Waals surface area contributed by atoms with E-state index in [0.717, 1.165) is 12.1 Å². The second-order valence-corrected chi connectivity index (χ2v) is 7.02. The highest BCUT2D eigenvalue weighted by atomic mass is 35.5. The van der Waals surface area contributed by atoms with E-state index in [1.54, 1.807) is 24.3 Å². The summed E-state index contributed by atoms with van der Waals surface area (Å²) in [6, 6.07) is 11.6. The Bertz CT molecular complexity index is 824. The predicted octanol–water partition coefficient (Wildman–Crippen LogP) is 2.91. The summed E-state index contributed by atoms with van der Waals surface area (Å²) in [6.45, 7) is -0.0282. The number of nitrogens with one attached hydrogen (secondary N) is 1. The summed E-state index contributed by atoms with van der Waals surface area (Å²) in [5.41, 5.74) is 0.479. The smallest absolute Gasteiger partial charge is 0.269 e. The van der Waals surface area contributed by atoms with Crippen molar-refractivity contribution < 1.29 is 18.1 Å². The molecule has 24 heavy (non-hydrogen) atoms. The third-order valence-electron chi connectivity index (χ3n) is 3.35. The maximum atomic E-state index is 12.3. The van der Waals surface area contributed by atoms with E-state index >= 15 is 0 Å². The molecule has 0 aliphatic carbocycles. The zero-order valence-electron chi connectivity index (χ0n) is 12.7. The topological polar surface area (TPSA) is 98.5 Å². The van der Waals surface area contributed by atoms with Crippen molar-refractivity contribution in [3.63, 3.8) is 0 Å². The fourth-order valence-corrected chi connectivity index (χ4v) is 3.36. The highest BCUT2D eigenvalue weighted by Crippen LogP contribution is 2.25. The Kier molecular flexibility index (Phi) is 5.89. The monoisotopic (exact) mass is 370 g/mol. The molecule has 1 N–H and O–H groups in total. The molecule has 1 atom stereocenters. The molecule has 0 spiro atoms. The van der Waals surface area contributed by atoms with E-state index in [2.05, 4.69) is 4.72 Å². The Morgan fingerprint density at radius 2 is 1.83 bits per heavy atom. The first-order valence-corrected chi connectivity index (χ1v) is 8.72. The number of nitro groups is 1. The summed E-state index contributed by atoms with van der Waals surface area (Å²) in [7, 11) is -2.37. The van der Waals surface area contributed by atoms with Crippen molar-refractivity contribution in [1.29, 1.82) is 0 Å². The SMILES string of the molecule is COC(CNS(=O)(=O)c1ccc([N+](=O)[O-])cc1)c1ccccc1Cl. The molecule has 7 nitrogen and oxygen atoms in total. The van der Waals surface area contributed by atoms with Crippen LogP contribution >= 0.6 is 11.6 Å². The van der Waals surface area contributed by atoms with Crippen LogP contribution in [0.5, 0.6) is 0 Å². The molecular formula is C15H15ClN2O5S. The van der Waals surface area contributed by atoms with E-state index in [4.69, 9.17) is 16.3 Å². The molecule has 0 aromatic heterocycles. The van der Waals surface area contributed by atoms with Gasteiger partial charge in [-0.3, -0.25) is 10.1 Å². The van der Waals surface area contributed by atoms with Gasteiger partial charge in [0.05, 0.1) is 15.9 Å². The highest BCUT2D eigenvalue weighted by Gasteiger charge is 2.20. The van der Waals surface area contributed by atoms with Crippen molar-refractivity contribution in [2.24, 2.45) is 0 Å². The van der Waals surface area contributed by atoms with Crippen molar-refractivity contribution in [1.82, 2.24) is 4.72 Å². The van der Waals surface area contributed by atoms with Crippen LogP contribution in [-0.4, -0.2) is 27.0 Å². The lowest BCUT2D eigenvalue weighted by molar-refractivity contribution is -0.384. The second kappa shape index (κ2) is 7.71. The van der Waals surface area contributed by atoms with Gasteiger partial charge in [0.2, 0.25) is 10.0 Å². The number of halogens is 1. The van der Waals surface area contributed by atoms with E-state index in [1.165, 1.54) is 19.2 Å². The quantitative estimate of drug-likeness (QED) is 0.596. The van der Waals surface area contributed by atoms with Crippen molar-refractivity contribution in [2.75, 3.05) is 13.7 Å². The number of hydrogen-bond donors (Lipinski definition) is 1. The lowest BCUT2D eigenvalue weighted by Gasteiger charge is -2.17. The Balaban J connectivity index is 2.14. The maximum Gasteiger partial charge on any atom is 0.269 e. The van der Waals surface area contributed by atoms with Crippen LogP contribution in [0.4, 0.5) is 5.69 Å². The number of nitrogens with zero attached hydrogens (tertiary/aromatic N) is 1. The van der Waals surface area contributed by atoms with E-state index in [0.29, 0.717) is 10.6 Å². The fourth-order valence-electron chi connectivity index (χ4n) is 2.07. The highest BCUT2D eigenvalue weighted by molar-refractivity contribution is 7.89. The molecule has 128 valence electrons. The number of benzene rings is 2. The lowest BCUT2D eigenvalue weighted by atomic mass is 10.1. The normalized spacial score (nSPS) is 12.8. The van der Waals surface area contributed by atoms with Gasteiger partial charge in [0, 0.05) is 36.4 Å². The van der Waals surface area contributed by atoms with Gasteiger partial charge in [-0.1, -0.05) is 29.8 Å². The van der Waals surface area contributed by atoms with Crippen LogP contribution in [-0.2, 0) is 14.8 Å². The van der Waals surface area contributed by atoms with Gasteiger partial charge < -0.3 is 4.74 Å². The van der Waals surface area contributed by atoms with Crippen LogP contribution in [0.25, 0.3) is 0 Å². The van der Waals surface area contributed by atoms with Gasteiger partial charge in [0.25, 0.3) is 5.69 Å². The van der Waals surface area contributed by atoms with Gasteiger partial charge >= 0.3 is 0 Å². The number of nitro benzene ring substituents is 1. The van der Waals surface area contributed by atoms with Crippen molar-refractivity contribution in [2.45, 2.75) is 11.0 Å². The Labute approximate surface area is 144 Å². The van der Waals surface area contributed by atoms with Crippen LogP contribution in [0.15, 0.2) is 53.4 Å². The summed E-state index contributed by atoms with van der Waals surface area (Å²) in [5.74, 6) is 0. The molecule has 0 bridgehead atoms. The fraction of sp³-hybridized carbons (Fsp3) is 0.200. The zero-order chi connectivity index (χ0) is 17.7. The zero-order valence-corrected chi connectivity index (χ0v) is 14.3. The molecule has 0 fully saturated rings. The molecule has 2 aromatic rings. The van der Waals surface area contributed by atoms with Crippen molar-refractivity contribution in [3.8, 4) is 0 Å². The van der Waals surface area contributed by atoms with Crippen molar-refractivity contribution in [3.05, 3.63) is 69.2 Å². The minimum Gasteiger partial charge on any atom is -0.375 e. The third kappa shape index (κ3) is 4.30. The van der Waals surface area contributed by atoms with Crippen LogP contribution in [0, 0.1) is 10.1 Å². The summed E-state index contributed by atoms with van der Waals surface area (Å²) in [5, 5.41) is 11.1. The number of ether oxygens (including phenoxy) is 1. The molecule has 0 heterocycles. The molecule has 0 saturated heterocycles. The van der Waals surface area contributed by atoms with Crippen LogP contribution in [0.2, 0.25) is 5.02 Å². The maximum absolute atomic E-state index is 12.3. The molecule has 0 aliphatic rings. The van der Waals surface area contributed by atoms with Gasteiger partial charge in [0.1, 0.15) is 0 Å². The third-order valence-corrected chi connectivity index (χ3v) is 5.14. The molecular weight excluding hydrogens is 356 g/mol. The van der Waals surface area contributed by atoms with E-state index in [-0.39, 0.29) is 17.1 Å². The predicted molar refractivity (Wildman–Crippen MR) is 89.5 cm³/mol. The van der Waals surface area contributed by atoms with Gasteiger partial charge in [-0.2, -0.15) is 0 Å². The van der Waals surface area contributed by atoms with E-state index < -0.39 is 21.1 Å². The number of rotatable bonds is 7. The number of hydrogen-bond acceptors (Lipinski definition) is 5. The molecule has 0 aliphatic heterocycles. The molecule has 0 amide bonds. The summed E-state index contributed by atoms with van der Waals surface area (Å²) >= 11 is 6.09. The molecule has 1 unspecified atom stereocenters. The van der Waals surface area contributed by atoms with E-state index in [1.807, 2.05) is 0 Å². The Morgan fingerprint density at radius 3 is 2.38 bits per heavy atom. The average Bonchev–Trinajstić information content (AvgIpc) is 2.57. The number of methoxy groups -OCH3 is 1. The Morgan fingerprint density at radius 1 is 1.21 bits per heavy atom. The average molecular weight is 371 g/mol. The van der Waals surface area contributed by atoms with Gasteiger partial charge in [0.15, 0.2) is 0 Å². The molecule has 2 rings (SSSR count). The van der Waals surface area contributed by atoms with E-state index in [9.17, 15) is 18.5 Å². The summed E-state index contributed by atoms with van der Waals surface area (Å²) < 4.78 is 32.3. The van der Waals surface area contributed by atoms with Gasteiger partial charge in [-0.05, 0) is 18.2 Å². The first kappa shape index (κ1) is 18.3. The summed E-state index contributed by atoms with van der Waals surface area (Å²) in [6.07, 6.45) is -0.563. The lowest BCUT2D eigenvalue weighted by Crippen LogP contribution is -2.29. The number of sulfonamides is 1. The molecule has 9 heteroatoms. The van der Waals surface area contributed by atoms with Crippen molar-refractivity contribution >= 4 is 27.3 Å². The van der Waals surface area contributed by atoms with Gasteiger partial charge in [-0.25, -0.2) is 13.1 Å². The van der Waals surface area contributed by atoms with Crippen LogP contribution in [0.1, 0.15) is 11.7 Å². The molecule has 2 aromatic carbocycles. The second-order valence-electron chi connectivity index (χ2n) is 4.85. The standard InChI is InChI=1S/C15H15ClN2O5S/c1-23-15(13-4-2-3-5-14(13)16)10-17-24(21,22)12-8-6-11(7-9-12)18(19)20/h2-9,15,17H,10H2,1H3. The first-order chi connectivity index (χ1) is 11.3. The first-order valence-electron chi connectivity index (χ1n) is 6.86. The largest absolute Gasteiger partial charge is 0.375 e. The molecule has 0 radical (unpaired) electrons.